The Hall–Kier alpha value is -3.82. The Morgan fingerprint density at radius 3 is 1.63 bits per heavy atom. The summed E-state index contributed by atoms with van der Waals surface area (Å²) in [6, 6.07) is 27.7. The summed E-state index contributed by atoms with van der Waals surface area (Å²) in [5, 5.41) is 9.79. The molecular formula is C35H32N2Si. The molecule has 0 amide bonds. The van der Waals surface area contributed by atoms with E-state index >= 15 is 0 Å². The molecule has 4 aromatic carbocycles. The van der Waals surface area contributed by atoms with E-state index in [9.17, 15) is 0 Å². The molecule has 0 saturated carbocycles. The van der Waals surface area contributed by atoms with Crippen LogP contribution in [0.3, 0.4) is 0 Å². The SMILES string of the molecule is Cc1cn2c3ccccc3c3cc(C(C)(C)c4cc5c([Si](C)(C)C)cn6c7ccccc7c(c4)c56)cc1c32. The van der Waals surface area contributed by atoms with Crippen LogP contribution >= 0.6 is 0 Å². The number of nitrogens with zero attached hydrogens (tertiary/aromatic N) is 2. The van der Waals surface area contributed by atoms with Crippen molar-refractivity contribution in [3.63, 3.8) is 0 Å². The predicted octanol–water partition coefficient (Wildman–Crippen LogP) is 8.86. The van der Waals surface area contributed by atoms with Gasteiger partial charge in [0, 0.05) is 50.1 Å². The molecule has 2 nitrogen and oxygen atoms in total. The van der Waals surface area contributed by atoms with E-state index in [1.807, 2.05) is 0 Å². The van der Waals surface area contributed by atoms with Gasteiger partial charge in [0.25, 0.3) is 0 Å². The fourth-order valence-corrected chi connectivity index (χ4v) is 8.50. The van der Waals surface area contributed by atoms with Crippen LogP contribution in [0.5, 0.6) is 0 Å². The van der Waals surface area contributed by atoms with Crippen LogP contribution in [0.2, 0.25) is 19.6 Å². The quantitative estimate of drug-likeness (QED) is 0.211. The van der Waals surface area contributed by atoms with Crippen LogP contribution in [-0.4, -0.2) is 16.9 Å². The van der Waals surface area contributed by atoms with Gasteiger partial charge < -0.3 is 8.80 Å². The molecule has 0 N–H and O–H groups in total. The zero-order valence-corrected chi connectivity index (χ0v) is 24.0. The first-order valence-corrected chi connectivity index (χ1v) is 17.2. The summed E-state index contributed by atoms with van der Waals surface area (Å²) in [5.74, 6) is 0. The number of para-hydroxylation sites is 2. The molecule has 0 aliphatic heterocycles. The van der Waals surface area contributed by atoms with Gasteiger partial charge in [0.05, 0.1) is 30.1 Å². The van der Waals surface area contributed by atoms with Crippen LogP contribution in [0.25, 0.3) is 54.4 Å². The molecule has 0 saturated heterocycles. The predicted molar refractivity (Wildman–Crippen MR) is 167 cm³/mol. The molecule has 0 fully saturated rings. The van der Waals surface area contributed by atoms with Crippen LogP contribution in [-0.2, 0) is 5.41 Å². The average molecular weight is 509 g/mol. The standard InChI is InChI=1S/C35H32N2Si/c1-21-19-36-30-13-9-7-11-24(30)27-16-22(15-26(21)33(27)36)35(2,3)23-17-28-25-12-8-10-14-31(25)37-20-32(38(4,5)6)29(18-23)34(28)37/h7-20H,1-6H3. The van der Waals surface area contributed by atoms with Gasteiger partial charge in [-0.05, 0) is 65.2 Å². The highest BCUT2D eigenvalue weighted by atomic mass is 28.3. The number of rotatable bonds is 3. The third kappa shape index (κ3) is 2.67. The molecule has 8 aromatic rings. The fraction of sp³-hybridized carbons (Fsp3) is 0.200. The van der Waals surface area contributed by atoms with Crippen molar-refractivity contribution in [3.8, 4) is 0 Å². The van der Waals surface area contributed by atoms with Crippen LogP contribution < -0.4 is 5.19 Å². The van der Waals surface area contributed by atoms with Gasteiger partial charge in [-0.3, -0.25) is 0 Å². The maximum atomic E-state index is 2.52. The van der Waals surface area contributed by atoms with Crippen molar-refractivity contribution in [2.24, 2.45) is 0 Å². The summed E-state index contributed by atoms with van der Waals surface area (Å²) in [5.41, 5.74) is 9.31. The van der Waals surface area contributed by atoms with Crippen molar-refractivity contribution in [2.45, 2.75) is 45.8 Å². The smallest absolute Gasteiger partial charge is 0.0804 e. The monoisotopic (exact) mass is 508 g/mol. The summed E-state index contributed by atoms with van der Waals surface area (Å²) in [4.78, 5) is 0. The second-order valence-corrected chi connectivity index (χ2v) is 17.9. The Balaban J connectivity index is 1.46. The number of aryl methyl sites for hydroxylation is 1. The van der Waals surface area contributed by atoms with Gasteiger partial charge in [0.15, 0.2) is 0 Å². The lowest BCUT2D eigenvalue weighted by Gasteiger charge is -2.27. The minimum atomic E-state index is -1.55. The Labute approximate surface area is 223 Å². The van der Waals surface area contributed by atoms with Gasteiger partial charge in [-0.25, -0.2) is 0 Å². The zero-order chi connectivity index (χ0) is 26.1. The van der Waals surface area contributed by atoms with Gasteiger partial charge in [-0.2, -0.15) is 0 Å². The van der Waals surface area contributed by atoms with Crippen molar-refractivity contribution in [3.05, 3.63) is 102 Å². The van der Waals surface area contributed by atoms with Gasteiger partial charge in [0.2, 0.25) is 0 Å². The molecule has 4 aromatic heterocycles. The molecule has 0 aliphatic rings. The second-order valence-electron chi connectivity index (χ2n) is 12.8. The topological polar surface area (TPSA) is 8.82 Å². The Bertz CT molecular complexity index is 2200. The molecule has 0 spiro atoms. The van der Waals surface area contributed by atoms with Crippen LogP contribution in [0.4, 0.5) is 0 Å². The molecule has 0 aliphatic carbocycles. The van der Waals surface area contributed by atoms with E-state index in [4.69, 9.17) is 0 Å². The molecule has 0 unspecified atom stereocenters. The molecule has 38 heavy (non-hydrogen) atoms. The lowest BCUT2D eigenvalue weighted by atomic mass is 9.76. The second kappa shape index (κ2) is 6.97. The number of fused-ring (bicyclic) bond motifs is 6. The van der Waals surface area contributed by atoms with E-state index in [1.54, 1.807) is 5.19 Å². The van der Waals surface area contributed by atoms with E-state index in [0.29, 0.717) is 0 Å². The summed E-state index contributed by atoms with van der Waals surface area (Å²) in [7, 11) is -1.55. The van der Waals surface area contributed by atoms with Gasteiger partial charge in [0.1, 0.15) is 0 Å². The van der Waals surface area contributed by atoms with Gasteiger partial charge >= 0.3 is 0 Å². The summed E-state index contributed by atoms with van der Waals surface area (Å²) in [6.45, 7) is 14.5. The van der Waals surface area contributed by atoms with Crippen molar-refractivity contribution in [2.75, 3.05) is 0 Å². The third-order valence-corrected chi connectivity index (χ3v) is 11.2. The van der Waals surface area contributed by atoms with E-state index in [2.05, 4.69) is 134 Å². The summed E-state index contributed by atoms with van der Waals surface area (Å²) in [6.07, 6.45) is 4.75. The lowest BCUT2D eigenvalue weighted by molar-refractivity contribution is 0.644. The summed E-state index contributed by atoms with van der Waals surface area (Å²) >= 11 is 0. The van der Waals surface area contributed by atoms with Crippen LogP contribution in [0.15, 0.2) is 85.2 Å². The molecule has 0 radical (unpaired) electrons. The Morgan fingerprint density at radius 2 is 1.05 bits per heavy atom. The molecule has 0 bridgehead atoms. The highest BCUT2D eigenvalue weighted by Gasteiger charge is 2.30. The lowest BCUT2D eigenvalue weighted by Crippen LogP contribution is -2.37. The van der Waals surface area contributed by atoms with Crippen molar-refractivity contribution >= 4 is 67.6 Å². The van der Waals surface area contributed by atoms with E-state index in [1.165, 1.54) is 71.1 Å². The minimum absolute atomic E-state index is 0.155. The summed E-state index contributed by atoms with van der Waals surface area (Å²) < 4.78 is 4.85. The molecule has 3 heteroatoms. The normalized spacial score (nSPS) is 13.5. The molecule has 4 heterocycles. The maximum Gasteiger partial charge on any atom is 0.0804 e. The first-order valence-electron chi connectivity index (χ1n) is 13.7. The van der Waals surface area contributed by atoms with Gasteiger partial charge in [-0.1, -0.05) is 69.9 Å². The van der Waals surface area contributed by atoms with E-state index in [-0.39, 0.29) is 5.41 Å². The highest BCUT2D eigenvalue weighted by Crippen LogP contribution is 2.43. The fourth-order valence-electron chi connectivity index (χ4n) is 6.98. The average Bonchev–Trinajstić information content (AvgIpc) is 3.62. The van der Waals surface area contributed by atoms with E-state index < -0.39 is 8.07 Å². The maximum absolute atomic E-state index is 2.52. The minimum Gasteiger partial charge on any atom is -0.315 e. The van der Waals surface area contributed by atoms with Crippen LogP contribution in [0, 0.1) is 6.92 Å². The number of benzene rings is 4. The number of aromatic nitrogens is 2. The molecule has 8 rings (SSSR count). The largest absolute Gasteiger partial charge is 0.315 e. The zero-order valence-electron chi connectivity index (χ0n) is 23.0. The van der Waals surface area contributed by atoms with Crippen molar-refractivity contribution in [1.29, 1.82) is 0 Å². The molecular weight excluding hydrogens is 476 g/mol. The van der Waals surface area contributed by atoms with Crippen molar-refractivity contribution < 1.29 is 0 Å². The third-order valence-electron chi connectivity index (χ3n) is 9.16. The van der Waals surface area contributed by atoms with E-state index in [0.717, 1.165) is 0 Å². The Kier molecular flexibility index (Phi) is 4.07. The molecule has 186 valence electrons. The Morgan fingerprint density at radius 1 is 0.579 bits per heavy atom. The first kappa shape index (κ1) is 22.2. The van der Waals surface area contributed by atoms with Crippen LogP contribution in [0.1, 0.15) is 30.5 Å². The molecule has 0 atom stereocenters. The van der Waals surface area contributed by atoms with Crippen molar-refractivity contribution in [1.82, 2.24) is 8.80 Å². The first-order chi connectivity index (χ1) is 18.1. The number of hydrogen-bond acceptors (Lipinski definition) is 0. The van der Waals surface area contributed by atoms with Gasteiger partial charge in [-0.15, -0.1) is 0 Å². The highest BCUT2D eigenvalue weighted by molar-refractivity contribution is 6.90. The number of hydrogen-bond donors (Lipinski definition) is 0.